The van der Waals surface area contributed by atoms with E-state index in [9.17, 15) is 9.59 Å². The third-order valence-electron chi connectivity index (χ3n) is 4.42. The Hall–Kier alpha value is -2.10. The second-order valence-corrected chi connectivity index (χ2v) is 6.27. The molecule has 1 heterocycles. The standard InChI is InChI=1S/C18H23NO3/c1-6-18(3,4)17(21)11-19-10-15(12(2)20)14-8-7-13(22-5)9-16(14)19/h7-10H,6,11H2,1-5H3. The van der Waals surface area contributed by atoms with Crippen LogP contribution in [0.15, 0.2) is 24.4 Å². The first-order chi connectivity index (χ1) is 10.3. The smallest absolute Gasteiger partial charge is 0.161 e. The van der Waals surface area contributed by atoms with Crippen molar-refractivity contribution in [3.63, 3.8) is 0 Å². The molecule has 0 N–H and O–H groups in total. The molecular formula is C18H23NO3. The third kappa shape index (κ3) is 2.91. The fourth-order valence-corrected chi connectivity index (χ4v) is 2.38. The first-order valence-electron chi connectivity index (χ1n) is 7.51. The van der Waals surface area contributed by atoms with Crippen LogP contribution in [0.25, 0.3) is 10.9 Å². The van der Waals surface area contributed by atoms with Crippen molar-refractivity contribution < 1.29 is 14.3 Å². The van der Waals surface area contributed by atoms with Gasteiger partial charge in [0.1, 0.15) is 5.75 Å². The molecule has 1 aromatic carbocycles. The van der Waals surface area contributed by atoms with E-state index in [1.807, 2.05) is 43.5 Å². The topological polar surface area (TPSA) is 48.3 Å². The summed E-state index contributed by atoms with van der Waals surface area (Å²) in [4.78, 5) is 24.3. The van der Waals surface area contributed by atoms with Crippen molar-refractivity contribution in [1.82, 2.24) is 4.57 Å². The highest BCUT2D eigenvalue weighted by Gasteiger charge is 2.26. The third-order valence-corrected chi connectivity index (χ3v) is 4.42. The van der Waals surface area contributed by atoms with Crippen molar-refractivity contribution in [1.29, 1.82) is 0 Å². The lowest BCUT2D eigenvalue weighted by molar-refractivity contribution is -0.127. The molecule has 0 unspecified atom stereocenters. The van der Waals surface area contributed by atoms with E-state index in [-0.39, 0.29) is 23.5 Å². The van der Waals surface area contributed by atoms with Crippen LogP contribution >= 0.6 is 0 Å². The molecule has 22 heavy (non-hydrogen) atoms. The van der Waals surface area contributed by atoms with Gasteiger partial charge in [-0.3, -0.25) is 9.59 Å². The predicted octanol–water partition coefficient (Wildman–Crippen LogP) is 3.86. The lowest BCUT2D eigenvalue weighted by Crippen LogP contribution is -2.27. The number of fused-ring (bicyclic) bond motifs is 1. The minimum Gasteiger partial charge on any atom is -0.497 e. The average Bonchev–Trinajstić information content (AvgIpc) is 2.85. The summed E-state index contributed by atoms with van der Waals surface area (Å²) in [6.45, 7) is 7.72. The Morgan fingerprint density at radius 2 is 1.95 bits per heavy atom. The second-order valence-electron chi connectivity index (χ2n) is 6.27. The summed E-state index contributed by atoms with van der Waals surface area (Å²) in [5.74, 6) is 0.866. The number of ether oxygens (including phenoxy) is 1. The van der Waals surface area contributed by atoms with Gasteiger partial charge < -0.3 is 9.30 Å². The van der Waals surface area contributed by atoms with E-state index in [1.165, 1.54) is 0 Å². The molecule has 0 saturated heterocycles. The van der Waals surface area contributed by atoms with Crippen LogP contribution < -0.4 is 4.74 Å². The van der Waals surface area contributed by atoms with Crippen LogP contribution in [-0.4, -0.2) is 23.2 Å². The minimum atomic E-state index is -0.369. The average molecular weight is 301 g/mol. The highest BCUT2D eigenvalue weighted by molar-refractivity contribution is 6.07. The molecule has 2 aromatic rings. The molecule has 118 valence electrons. The number of carbonyl (C=O) groups excluding carboxylic acids is 2. The minimum absolute atomic E-state index is 0.00359. The van der Waals surface area contributed by atoms with E-state index >= 15 is 0 Å². The van der Waals surface area contributed by atoms with Crippen LogP contribution in [0, 0.1) is 5.41 Å². The number of hydrogen-bond acceptors (Lipinski definition) is 3. The van der Waals surface area contributed by atoms with Gasteiger partial charge in [-0.1, -0.05) is 20.8 Å². The number of nitrogens with zero attached hydrogens (tertiary/aromatic N) is 1. The molecule has 2 rings (SSSR count). The largest absolute Gasteiger partial charge is 0.497 e. The Labute approximate surface area is 131 Å². The molecule has 0 aliphatic carbocycles. The lowest BCUT2D eigenvalue weighted by atomic mass is 9.85. The fraction of sp³-hybridized carbons (Fsp3) is 0.444. The molecule has 0 bridgehead atoms. The molecule has 0 spiro atoms. The van der Waals surface area contributed by atoms with Crippen LogP contribution in [0.2, 0.25) is 0 Å². The summed E-state index contributed by atoms with van der Waals surface area (Å²) in [7, 11) is 1.60. The van der Waals surface area contributed by atoms with E-state index < -0.39 is 0 Å². The Morgan fingerprint density at radius 3 is 2.50 bits per heavy atom. The van der Waals surface area contributed by atoms with E-state index in [2.05, 4.69) is 0 Å². The predicted molar refractivity (Wildman–Crippen MR) is 87.6 cm³/mol. The Bertz CT molecular complexity index is 725. The summed E-state index contributed by atoms with van der Waals surface area (Å²) in [6, 6.07) is 5.57. The number of Topliss-reactive ketones (excluding diaryl/α,β-unsaturated/α-hetero) is 2. The zero-order valence-corrected chi connectivity index (χ0v) is 13.9. The highest BCUT2D eigenvalue weighted by atomic mass is 16.5. The zero-order valence-electron chi connectivity index (χ0n) is 13.9. The SMILES string of the molecule is CCC(C)(C)C(=O)Cn1cc(C(C)=O)c2ccc(OC)cc21. The number of hydrogen-bond donors (Lipinski definition) is 0. The molecule has 4 heteroatoms. The van der Waals surface area contributed by atoms with Gasteiger partial charge in [-0.15, -0.1) is 0 Å². The van der Waals surface area contributed by atoms with Crippen molar-refractivity contribution in [2.45, 2.75) is 40.7 Å². The molecular weight excluding hydrogens is 278 g/mol. The molecule has 1 aromatic heterocycles. The molecule has 0 saturated carbocycles. The Kier molecular flexibility index (Phi) is 4.40. The monoisotopic (exact) mass is 301 g/mol. The molecule has 0 amide bonds. The number of rotatable bonds is 6. The van der Waals surface area contributed by atoms with Crippen LogP contribution in [0.1, 0.15) is 44.5 Å². The van der Waals surface area contributed by atoms with E-state index in [4.69, 9.17) is 4.74 Å². The summed E-state index contributed by atoms with van der Waals surface area (Å²) in [5, 5.41) is 0.857. The Morgan fingerprint density at radius 1 is 1.27 bits per heavy atom. The summed E-state index contributed by atoms with van der Waals surface area (Å²) in [5.41, 5.74) is 1.12. The summed E-state index contributed by atoms with van der Waals surface area (Å²) < 4.78 is 7.11. The van der Waals surface area contributed by atoms with Crippen molar-refractivity contribution in [3.05, 3.63) is 30.0 Å². The van der Waals surface area contributed by atoms with Gasteiger partial charge in [0.15, 0.2) is 11.6 Å². The summed E-state index contributed by atoms with van der Waals surface area (Å²) in [6.07, 6.45) is 2.56. The maximum absolute atomic E-state index is 12.5. The van der Waals surface area contributed by atoms with Gasteiger partial charge in [0.25, 0.3) is 0 Å². The quantitative estimate of drug-likeness (QED) is 0.761. The number of carbonyl (C=O) groups is 2. The molecule has 0 aliphatic rings. The lowest BCUT2D eigenvalue weighted by Gasteiger charge is -2.21. The van der Waals surface area contributed by atoms with Crippen molar-refractivity contribution in [2.24, 2.45) is 5.41 Å². The van der Waals surface area contributed by atoms with Crippen molar-refractivity contribution in [2.75, 3.05) is 7.11 Å². The fourth-order valence-electron chi connectivity index (χ4n) is 2.38. The number of benzene rings is 1. The van der Waals surface area contributed by atoms with E-state index in [0.29, 0.717) is 11.3 Å². The van der Waals surface area contributed by atoms with Crippen molar-refractivity contribution >= 4 is 22.5 Å². The zero-order chi connectivity index (χ0) is 16.5. The molecule has 4 nitrogen and oxygen atoms in total. The van der Waals surface area contributed by atoms with Gasteiger partial charge >= 0.3 is 0 Å². The number of methoxy groups -OCH3 is 1. The first-order valence-corrected chi connectivity index (χ1v) is 7.51. The van der Waals surface area contributed by atoms with Gasteiger partial charge in [-0.05, 0) is 25.5 Å². The maximum atomic E-state index is 12.5. The summed E-state index contributed by atoms with van der Waals surface area (Å²) >= 11 is 0. The van der Waals surface area contributed by atoms with Crippen molar-refractivity contribution in [3.8, 4) is 5.75 Å². The number of aromatic nitrogens is 1. The molecule has 0 aliphatic heterocycles. The van der Waals surface area contributed by atoms with Crippen LogP contribution in [0.3, 0.4) is 0 Å². The first kappa shape index (κ1) is 16.3. The number of ketones is 2. The van der Waals surface area contributed by atoms with Crippen LogP contribution in [-0.2, 0) is 11.3 Å². The van der Waals surface area contributed by atoms with Crippen LogP contribution in [0.5, 0.6) is 5.75 Å². The normalized spacial score (nSPS) is 11.7. The maximum Gasteiger partial charge on any atom is 0.161 e. The molecule has 0 atom stereocenters. The van der Waals surface area contributed by atoms with Gasteiger partial charge in [0, 0.05) is 28.6 Å². The molecule has 0 fully saturated rings. The Balaban J connectivity index is 2.53. The van der Waals surface area contributed by atoms with E-state index in [1.54, 1.807) is 20.2 Å². The van der Waals surface area contributed by atoms with Gasteiger partial charge in [0.2, 0.25) is 0 Å². The van der Waals surface area contributed by atoms with Crippen LogP contribution in [0.4, 0.5) is 0 Å². The molecule has 0 radical (unpaired) electrons. The van der Waals surface area contributed by atoms with Gasteiger partial charge in [-0.25, -0.2) is 0 Å². The van der Waals surface area contributed by atoms with E-state index in [0.717, 1.165) is 17.3 Å². The second kappa shape index (κ2) is 5.95. The van der Waals surface area contributed by atoms with Gasteiger partial charge in [-0.2, -0.15) is 0 Å². The highest BCUT2D eigenvalue weighted by Crippen LogP contribution is 2.28. The van der Waals surface area contributed by atoms with Gasteiger partial charge in [0.05, 0.1) is 19.2 Å².